The predicted octanol–water partition coefficient (Wildman–Crippen LogP) is 2.21. The molecular weight excluding hydrogens is 329 g/mol. The van der Waals surface area contributed by atoms with Gasteiger partial charge >= 0.3 is 5.97 Å². The van der Waals surface area contributed by atoms with Gasteiger partial charge in [0, 0.05) is 19.3 Å². The number of carboxylic acid groups (broad SMARTS) is 1. The third-order valence-electron chi connectivity index (χ3n) is 4.39. The minimum atomic E-state index is -1.02. The Morgan fingerprint density at radius 3 is 2.64 bits per heavy atom. The number of carbonyl (C=O) groups excluding carboxylic acids is 1. The number of hydrogen-bond donors (Lipinski definition) is 1. The Morgan fingerprint density at radius 2 is 2.04 bits per heavy atom. The maximum atomic E-state index is 14.3. The van der Waals surface area contributed by atoms with Crippen LogP contribution in [0.5, 0.6) is 5.75 Å². The Balaban J connectivity index is 1.67. The maximum absolute atomic E-state index is 14.3. The largest absolute Gasteiger partial charge is 0.494 e. The molecule has 0 unspecified atom stereocenters. The van der Waals surface area contributed by atoms with Crippen LogP contribution in [0.25, 0.3) is 0 Å². The van der Waals surface area contributed by atoms with Gasteiger partial charge in [-0.15, -0.1) is 0 Å². The van der Waals surface area contributed by atoms with E-state index in [2.05, 4.69) is 5.10 Å². The number of carboxylic acids is 1. The van der Waals surface area contributed by atoms with Crippen LogP contribution in [0.2, 0.25) is 0 Å². The standard InChI is InChI=1S/C17H18FN3O4/c1-25-14-4-2-3-13(15(14)18)16(22)20-7-5-12(6-8-20)21-10-11(9-19-21)17(23)24/h2-4,9-10,12H,5-8H2,1H3,(H,23,24). The Kier molecular flexibility index (Phi) is 4.69. The summed E-state index contributed by atoms with van der Waals surface area (Å²) in [6, 6.07) is 4.51. The van der Waals surface area contributed by atoms with Crippen molar-refractivity contribution in [3.05, 3.63) is 47.5 Å². The van der Waals surface area contributed by atoms with Crippen LogP contribution in [0.3, 0.4) is 0 Å². The molecule has 1 aromatic carbocycles. The van der Waals surface area contributed by atoms with Crippen molar-refractivity contribution in [3.8, 4) is 5.75 Å². The number of benzene rings is 1. The van der Waals surface area contributed by atoms with Crippen molar-refractivity contribution in [2.75, 3.05) is 20.2 Å². The van der Waals surface area contributed by atoms with Crippen LogP contribution in [0.1, 0.15) is 39.6 Å². The zero-order valence-electron chi connectivity index (χ0n) is 13.7. The first-order valence-electron chi connectivity index (χ1n) is 7.90. The molecule has 1 N–H and O–H groups in total. The van der Waals surface area contributed by atoms with E-state index in [1.807, 2.05) is 0 Å². The molecule has 0 radical (unpaired) electrons. The lowest BCUT2D eigenvalue weighted by molar-refractivity contribution is 0.0683. The summed E-state index contributed by atoms with van der Waals surface area (Å²) >= 11 is 0. The van der Waals surface area contributed by atoms with Crippen LogP contribution in [0, 0.1) is 5.82 Å². The van der Waals surface area contributed by atoms with Crippen molar-refractivity contribution in [1.82, 2.24) is 14.7 Å². The molecular formula is C17H18FN3O4. The summed E-state index contributed by atoms with van der Waals surface area (Å²) in [6.07, 6.45) is 4.05. The maximum Gasteiger partial charge on any atom is 0.338 e. The third kappa shape index (κ3) is 3.33. The highest BCUT2D eigenvalue weighted by atomic mass is 19.1. The molecule has 3 rings (SSSR count). The van der Waals surface area contributed by atoms with E-state index in [9.17, 15) is 14.0 Å². The van der Waals surface area contributed by atoms with Crippen molar-refractivity contribution in [2.24, 2.45) is 0 Å². The molecule has 1 aliphatic heterocycles. The normalized spacial score (nSPS) is 15.2. The molecule has 1 amide bonds. The number of rotatable bonds is 4. The SMILES string of the molecule is COc1cccc(C(=O)N2CCC(n3cc(C(=O)O)cn3)CC2)c1F. The molecule has 1 aliphatic rings. The van der Waals surface area contributed by atoms with Gasteiger partial charge in [0.1, 0.15) is 0 Å². The van der Waals surface area contributed by atoms with E-state index in [4.69, 9.17) is 9.84 Å². The van der Waals surface area contributed by atoms with E-state index >= 15 is 0 Å². The van der Waals surface area contributed by atoms with Crippen LogP contribution in [0.15, 0.2) is 30.6 Å². The van der Waals surface area contributed by atoms with Gasteiger partial charge in [0.05, 0.1) is 30.5 Å². The van der Waals surface area contributed by atoms with Crippen LogP contribution >= 0.6 is 0 Å². The number of aromatic carboxylic acids is 1. The average molecular weight is 347 g/mol. The summed E-state index contributed by atoms with van der Waals surface area (Å²) < 4.78 is 20.8. The number of likely N-dealkylation sites (tertiary alicyclic amines) is 1. The van der Waals surface area contributed by atoms with Gasteiger partial charge in [-0.3, -0.25) is 9.48 Å². The van der Waals surface area contributed by atoms with Crippen LogP contribution < -0.4 is 4.74 Å². The molecule has 1 aromatic heterocycles. The van der Waals surface area contributed by atoms with Gasteiger partial charge in [0.2, 0.25) is 0 Å². The zero-order valence-corrected chi connectivity index (χ0v) is 13.7. The number of amides is 1. The zero-order chi connectivity index (χ0) is 18.0. The number of methoxy groups -OCH3 is 1. The highest BCUT2D eigenvalue weighted by Crippen LogP contribution is 2.26. The van der Waals surface area contributed by atoms with Crippen molar-refractivity contribution in [1.29, 1.82) is 0 Å². The lowest BCUT2D eigenvalue weighted by Crippen LogP contribution is -2.39. The molecule has 0 atom stereocenters. The molecule has 0 bridgehead atoms. The van der Waals surface area contributed by atoms with E-state index in [1.54, 1.807) is 15.6 Å². The fourth-order valence-electron chi connectivity index (χ4n) is 2.99. The summed E-state index contributed by atoms with van der Waals surface area (Å²) in [5, 5.41) is 13.0. The van der Waals surface area contributed by atoms with E-state index in [0.717, 1.165) is 0 Å². The number of carbonyl (C=O) groups is 2. The Hall–Kier alpha value is -2.90. The number of ether oxygens (including phenoxy) is 1. The van der Waals surface area contributed by atoms with Gasteiger partial charge in [-0.1, -0.05) is 6.07 Å². The highest BCUT2D eigenvalue weighted by molar-refractivity contribution is 5.95. The van der Waals surface area contributed by atoms with Gasteiger partial charge in [-0.25, -0.2) is 9.18 Å². The molecule has 1 fully saturated rings. The summed E-state index contributed by atoms with van der Waals surface area (Å²) in [5.41, 5.74) is 0.127. The first-order valence-corrected chi connectivity index (χ1v) is 7.90. The van der Waals surface area contributed by atoms with Gasteiger partial charge in [-0.05, 0) is 25.0 Å². The monoisotopic (exact) mass is 347 g/mol. The molecule has 7 nitrogen and oxygen atoms in total. The van der Waals surface area contributed by atoms with Gasteiger partial charge in [-0.2, -0.15) is 5.10 Å². The van der Waals surface area contributed by atoms with E-state index in [-0.39, 0.29) is 28.8 Å². The first-order chi connectivity index (χ1) is 12.0. The minimum absolute atomic E-state index is 0.00921. The highest BCUT2D eigenvalue weighted by Gasteiger charge is 2.27. The average Bonchev–Trinajstić information content (AvgIpc) is 3.12. The van der Waals surface area contributed by atoms with E-state index in [1.165, 1.54) is 31.6 Å². The van der Waals surface area contributed by atoms with E-state index in [0.29, 0.717) is 25.9 Å². The minimum Gasteiger partial charge on any atom is -0.494 e. The molecule has 1 saturated heterocycles. The van der Waals surface area contributed by atoms with Crippen molar-refractivity contribution in [2.45, 2.75) is 18.9 Å². The van der Waals surface area contributed by atoms with Crippen LogP contribution in [0.4, 0.5) is 4.39 Å². The fourth-order valence-corrected chi connectivity index (χ4v) is 2.99. The topological polar surface area (TPSA) is 84.7 Å². The number of nitrogens with zero attached hydrogens (tertiary/aromatic N) is 3. The Labute approximate surface area is 143 Å². The van der Waals surface area contributed by atoms with Gasteiger partial charge in [0.25, 0.3) is 5.91 Å². The fraction of sp³-hybridized carbons (Fsp3) is 0.353. The van der Waals surface area contributed by atoms with Gasteiger partial charge < -0.3 is 14.7 Å². The Morgan fingerprint density at radius 1 is 1.32 bits per heavy atom. The summed E-state index contributed by atoms with van der Waals surface area (Å²) in [7, 11) is 1.35. The van der Waals surface area contributed by atoms with Crippen molar-refractivity contribution in [3.63, 3.8) is 0 Å². The molecule has 0 spiro atoms. The summed E-state index contributed by atoms with van der Waals surface area (Å²) in [6.45, 7) is 0.894. The molecule has 0 saturated carbocycles. The van der Waals surface area contributed by atoms with E-state index < -0.39 is 11.8 Å². The lowest BCUT2D eigenvalue weighted by atomic mass is 10.0. The smallest absolute Gasteiger partial charge is 0.338 e. The quantitative estimate of drug-likeness (QED) is 0.917. The summed E-state index contributed by atoms with van der Waals surface area (Å²) in [4.78, 5) is 25.1. The second-order valence-electron chi connectivity index (χ2n) is 5.86. The van der Waals surface area contributed by atoms with Gasteiger partial charge in [0.15, 0.2) is 11.6 Å². The van der Waals surface area contributed by atoms with Crippen LogP contribution in [-0.4, -0.2) is 51.9 Å². The first kappa shape index (κ1) is 16.9. The number of halogens is 1. The molecule has 25 heavy (non-hydrogen) atoms. The molecule has 8 heteroatoms. The molecule has 2 aromatic rings. The number of hydrogen-bond acceptors (Lipinski definition) is 4. The lowest BCUT2D eigenvalue weighted by Gasteiger charge is -2.32. The predicted molar refractivity (Wildman–Crippen MR) is 86.3 cm³/mol. The molecule has 132 valence electrons. The molecule has 2 heterocycles. The Bertz CT molecular complexity index is 797. The van der Waals surface area contributed by atoms with Crippen LogP contribution in [-0.2, 0) is 0 Å². The number of piperidine rings is 1. The second-order valence-corrected chi connectivity index (χ2v) is 5.86. The van der Waals surface area contributed by atoms with Crippen molar-refractivity contribution < 1.29 is 23.8 Å². The summed E-state index contributed by atoms with van der Waals surface area (Å²) in [5.74, 6) is -2.01. The van der Waals surface area contributed by atoms with Crippen molar-refractivity contribution >= 4 is 11.9 Å². The number of aromatic nitrogens is 2. The molecule has 0 aliphatic carbocycles. The third-order valence-corrected chi connectivity index (χ3v) is 4.39. The second kappa shape index (κ2) is 6.92.